The number of thiophene rings is 1. The molecule has 11 heteroatoms. The van der Waals surface area contributed by atoms with Crippen LogP contribution in [0.5, 0.6) is 0 Å². The van der Waals surface area contributed by atoms with Gasteiger partial charge in [0.15, 0.2) is 0 Å². The van der Waals surface area contributed by atoms with Crippen molar-refractivity contribution in [2.45, 2.75) is 6.92 Å². The lowest BCUT2D eigenvalue weighted by Gasteiger charge is -2.32. The van der Waals surface area contributed by atoms with E-state index in [2.05, 4.69) is 15.6 Å². The lowest BCUT2D eigenvalue weighted by atomic mass is 10.1. The number of morpholine rings is 1. The molecule has 0 atom stereocenters. The Kier molecular flexibility index (Phi) is 7.50. The number of amides is 2. The second-order valence-electron chi connectivity index (χ2n) is 8.18. The number of anilines is 2. The molecule has 0 bridgehead atoms. The van der Waals surface area contributed by atoms with Crippen LogP contribution in [-0.2, 0) is 4.74 Å². The number of carbonyl (C=O) groups is 2. The molecule has 2 fully saturated rings. The molecule has 2 aromatic rings. The van der Waals surface area contributed by atoms with Crippen molar-refractivity contribution in [2.24, 2.45) is 0 Å². The minimum absolute atomic E-state index is 0.198. The zero-order chi connectivity index (χ0) is 23.5. The summed E-state index contributed by atoms with van der Waals surface area (Å²) in [4.78, 5) is 30.2. The van der Waals surface area contributed by atoms with E-state index in [4.69, 9.17) is 16.3 Å². The lowest BCUT2D eigenvalue weighted by Crippen LogP contribution is -2.52. The molecule has 1 aromatic heterocycles. The Morgan fingerprint density at radius 2 is 1.76 bits per heavy atom. The first-order chi connectivity index (χ1) is 15.8. The number of nitrogens with zero attached hydrogens (tertiary/aromatic N) is 3. The van der Waals surface area contributed by atoms with Crippen molar-refractivity contribution >= 4 is 45.4 Å². The number of hydrogen-bond acceptors (Lipinski definition) is 7. The number of ether oxygens (including phenoxy) is 1. The Balaban J connectivity index is 1.47. The van der Waals surface area contributed by atoms with Crippen molar-refractivity contribution in [3.63, 3.8) is 0 Å². The number of rotatable bonds is 5. The van der Waals surface area contributed by atoms with E-state index in [1.807, 2.05) is 17.0 Å². The summed E-state index contributed by atoms with van der Waals surface area (Å²) in [7, 11) is 2.04. The van der Waals surface area contributed by atoms with E-state index in [9.17, 15) is 14.0 Å². The highest BCUT2D eigenvalue weighted by molar-refractivity contribution is 7.19. The number of nitrogens with one attached hydrogen (secondary N) is 2. The summed E-state index contributed by atoms with van der Waals surface area (Å²) in [5, 5.41) is 5.43. The van der Waals surface area contributed by atoms with Crippen molar-refractivity contribution in [3.8, 4) is 0 Å². The first kappa shape index (κ1) is 23.9. The molecule has 0 aliphatic carbocycles. The summed E-state index contributed by atoms with van der Waals surface area (Å²) < 4.78 is 19.6. The summed E-state index contributed by atoms with van der Waals surface area (Å²) in [6.07, 6.45) is 0. The van der Waals surface area contributed by atoms with Crippen LogP contribution in [0.3, 0.4) is 0 Å². The summed E-state index contributed by atoms with van der Waals surface area (Å²) in [6.45, 7) is 7.29. The van der Waals surface area contributed by atoms with Gasteiger partial charge >= 0.3 is 0 Å². The van der Waals surface area contributed by atoms with Gasteiger partial charge in [0.1, 0.15) is 15.7 Å². The normalized spacial score (nSPS) is 17.8. The number of likely N-dealkylation sites (N-methyl/N-ethyl adjacent to an activating group) is 1. The number of halogens is 2. The van der Waals surface area contributed by atoms with Gasteiger partial charge in [-0.1, -0.05) is 11.6 Å². The van der Waals surface area contributed by atoms with Gasteiger partial charge in [-0.25, -0.2) is 9.40 Å². The van der Waals surface area contributed by atoms with Gasteiger partial charge in [-0.15, -0.1) is 11.3 Å². The monoisotopic (exact) mass is 495 g/mol. The third-order valence-electron chi connectivity index (χ3n) is 5.79. The number of hydrogen-bond donors (Lipinski definition) is 2. The number of benzene rings is 1. The van der Waals surface area contributed by atoms with Gasteiger partial charge in [-0.2, -0.15) is 0 Å². The average molecular weight is 496 g/mol. The maximum Gasteiger partial charge on any atom is 0.277 e. The highest BCUT2D eigenvalue weighted by Gasteiger charge is 2.24. The molecule has 33 heavy (non-hydrogen) atoms. The lowest BCUT2D eigenvalue weighted by molar-refractivity contribution is 0.0666. The van der Waals surface area contributed by atoms with Gasteiger partial charge in [0.2, 0.25) is 0 Å². The van der Waals surface area contributed by atoms with Crippen LogP contribution in [0.4, 0.5) is 15.1 Å². The summed E-state index contributed by atoms with van der Waals surface area (Å²) in [6, 6.07) is 4.27. The topological polar surface area (TPSA) is 77.1 Å². The molecule has 0 saturated carbocycles. The second kappa shape index (κ2) is 10.4. The van der Waals surface area contributed by atoms with E-state index in [1.54, 1.807) is 13.0 Å². The first-order valence-corrected chi connectivity index (χ1v) is 12.0. The largest absolute Gasteiger partial charge is 0.378 e. The maximum atomic E-state index is 14.3. The zero-order valence-electron chi connectivity index (χ0n) is 18.6. The molecular weight excluding hydrogens is 469 g/mol. The number of hydrazine groups is 1. The van der Waals surface area contributed by atoms with Crippen molar-refractivity contribution in [1.82, 2.24) is 15.3 Å². The summed E-state index contributed by atoms with van der Waals surface area (Å²) in [5.74, 6) is -1.26. The number of piperazine rings is 1. The van der Waals surface area contributed by atoms with Gasteiger partial charge in [-0.3, -0.25) is 15.0 Å². The van der Waals surface area contributed by atoms with Crippen molar-refractivity contribution in [3.05, 3.63) is 45.0 Å². The second-order valence-corrected chi connectivity index (χ2v) is 9.58. The molecule has 3 heterocycles. The Hall–Kier alpha value is -2.24. The smallest absolute Gasteiger partial charge is 0.277 e. The standard InChI is InChI=1S/C22H27ClFN5O3S/c1-14-18(23)19(21(31)26-29-5-3-27(2)4-6-29)33-22(14)25-20(30)15-11-16(24)13-17(12-15)28-7-9-32-10-8-28/h11-13H,3-10H2,1-2H3,(H,25,30)(H,26,31). The van der Waals surface area contributed by atoms with Crippen LogP contribution in [0.2, 0.25) is 5.02 Å². The van der Waals surface area contributed by atoms with Crippen LogP contribution >= 0.6 is 22.9 Å². The van der Waals surface area contributed by atoms with E-state index < -0.39 is 11.7 Å². The van der Waals surface area contributed by atoms with Crippen LogP contribution < -0.4 is 15.6 Å². The van der Waals surface area contributed by atoms with Crippen molar-refractivity contribution < 1.29 is 18.7 Å². The van der Waals surface area contributed by atoms with E-state index in [1.165, 1.54) is 12.1 Å². The van der Waals surface area contributed by atoms with Gasteiger partial charge < -0.3 is 19.9 Å². The fraction of sp³-hybridized carbons (Fsp3) is 0.455. The molecule has 8 nitrogen and oxygen atoms in total. The Morgan fingerprint density at radius 1 is 1.06 bits per heavy atom. The molecule has 2 saturated heterocycles. The van der Waals surface area contributed by atoms with Crippen molar-refractivity contribution in [2.75, 3.05) is 69.7 Å². The van der Waals surface area contributed by atoms with Crippen LogP contribution in [0.15, 0.2) is 18.2 Å². The molecule has 2 amide bonds. The average Bonchev–Trinajstić information content (AvgIpc) is 3.09. The Morgan fingerprint density at radius 3 is 2.45 bits per heavy atom. The highest BCUT2D eigenvalue weighted by atomic mass is 35.5. The van der Waals surface area contributed by atoms with Crippen molar-refractivity contribution in [1.29, 1.82) is 0 Å². The quantitative estimate of drug-likeness (QED) is 0.664. The van der Waals surface area contributed by atoms with Gasteiger partial charge in [0, 0.05) is 56.1 Å². The van der Waals surface area contributed by atoms with Crippen LogP contribution in [0.25, 0.3) is 0 Å². The third kappa shape index (κ3) is 5.64. The molecule has 0 unspecified atom stereocenters. The summed E-state index contributed by atoms with van der Waals surface area (Å²) in [5.41, 5.74) is 4.32. The predicted octanol–water partition coefficient (Wildman–Crippen LogP) is 2.83. The van der Waals surface area contributed by atoms with Gasteiger partial charge in [-0.05, 0) is 32.2 Å². The van der Waals surface area contributed by atoms with Gasteiger partial charge in [0.05, 0.1) is 18.2 Å². The summed E-state index contributed by atoms with van der Waals surface area (Å²) >= 11 is 7.53. The van der Waals surface area contributed by atoms with E-state index >= 15 is 0 Å². The predicted molar refractivity (Wildman–Crippen MR) is 128 cm³/mol. The van der Waals surface area contributed by atoms with E-state index in [0.29, 0.717) is 52.5 Å². The number of carbonyl (C=O) groups excluding carboxylic acids is 2. The van der Waals surface area contributed by atoms with E-state index in [-0.39, 0.29) is 11.5 Å². The fourth-order valence-electron chi connectivity index (χ4n) is 3.76. The van der Waals surface area contributed by atoms with Crippen LogP contribution in [-0.4, -0.2) is 81.3 Å². The molecule has 178 valence electrons. The fourth-order valence-corrected chi connectivity index (χ4v) is 5.09. The molecule has 2 aliphatic heterocycles. The molecule has 1 aromatic carbocycles. The molecule has 4 rings (SSSR count). The SMILES string of the molecule is Cc1c(NC(=O)c2cc(F)cc(N3CCOCC3)c2)sc(C(=O)NN2CCN(C)CC2)c1Cl. The minimum atomic E-state index is -0.489. The zero-order valence-corrected chi connectivity index (χ0v) is 20.2. The van der Waals surface area contributed by atoms with Crippen LogP contribution in [0, 0.1) is 12.7 Å². The maximum absolute atomic E-state index is 14.3. The van der Waals surface area contributed by atoms with E-state index in [0.717, 1.165) is 37.5 Å². The van der Waals surface area contributed by atoms with Gasteiger partial charge in [0.25, 0.3) is 11.8 Å². The Labute approximate surface area is 201 Å². The first-order valence-electron chi connectivity index (χ1n) is 10.8. The minimum Gasteiger partial charge on any atom is -0.378 e. The Bertz CT molecular complexity index is 1040. The molecule has 2 N–H and O–H groups in total. The third-order valence-corrected chi connectivity index (χ3v) is 7.58. The van der Waals surface area contributed by atoms with Crippen LogP contribution in [0.1, 0.15) is 25.6 Å². The molecule has 2 aliphatic rings. The molecule has 0 radical (unpaired) electrons. The molecular formula is C22H27ClFN5O3S. The molecule has 0 spiro atoms. The highest BCUT2D eigenvalue weighted by Crippen LogP contribution is 2.37.